The second-order valence-corrected chi connectivity index (χ2v) is 3.49. The van der Waals surface area contributed by atoms with E-state index in [4.69, 9.17) is 0 Å². The fraction of sp³-hybridized carbons (Fsp3) is 0.200. The Balaban J connectivity index is 0.000000162. The zero-order valence-electron chi connectivity index (χ0n) is 9.48. The van der Waals surface area contributed by atoms with E-state index in [1.165, 1.54) is 11.1 Å². The zero-order chi connectivity index (χ0) is 10.9. The number of hydrogen-bond donors (Lipinski definition) is 0. The van der Waals surface area contributed by atoms with E-state index in [1.54, 1.807) is 0 Å². The molecule has 2 aromatic rings. The van der Waals surface area contributed by atoms with Crippen molar-refractivity contribution in [3.8, 4) is 0 Å². The monoisotopic (exact) mass is 198 g/mol. The third-order valence-electron chi connectivity index (χ3n) is 2.20. The lowest BCUT2D eigenvalue weighted by Crippen LogP contribution is -1.77. The summed E-state index contributed by atoms with van der Waals surface area (Å²) < 4.78 is 0. The van der Waals surface area contributed by atoms with Crippen molar-refractivity contribution >= 4 is 0 Å². The summed E-state index contributed by atoms with van der Waals surface area (Å²) >= 11 is 0. The summed E-state index contributed by atoms with van der Waals surface area (Å²) in [5.41, 5.74) is 2.76. The molecule has 0 atom stereocenters. The fourth-order valence-corrected chi connectivity index (χ4v) is 1.21. The topological polar surface area (TPSA) is 0 Å². The second-order valence-electron chi connectivity index (χ2n) is 3.49. The second kappa shape index (κ2) is 6.83. The van der Waals surface area contributed by atoms with Gasteiger partial charge in [-0.15, -0.1) is 0 Å². The van der Waals surface area contributed by atoms with E-state index in [1.807, 2.05) is 36.4 Å². The molecule has 2 rings (SSSR count). The van der Waals surface area contributed by atoms with Gasteiger partial charge >= 0.3 is 0 Å². The van der Waals surface area contributed by atoms with Crippen LogP contribution in [0.1, 0.15) is 18.1 Å². The molecular weight excluding hydrogens is 180 g/mol. The van der Waals surface area contributed by atoms with Crippen LogP contribution >= 0.6 is 0 Å². The lowest BCUT2D eigenvalue weighted by atomic mass is 10.1. The lowest BCUT2D eigenvalue weighted by molar-refractivity contribution is 1.14. The van der Waals surface area contributed by atoms with Gasteiger partial charge in [0.25, 0.3) is 0 Å². The van der Waals surface area contributed by atoms with Crippen molar-refractivity contribution in [2.24, 2.45) is 0 Å². The van der Waals surface area contributed by atoms with Gasteiger partial charge in [-0.1, -0.05) is 73.2 Å². The zero-order valence-corrected chi connectivity index (χ0v) is 9.48. The van der Waals surface area contributed by atoms with Gasteiger partial charge in [0.2, 0.25) is 0 Å². The predicted octanol–water partition coefficient (Wildman–Crippen LogP) is 4.24. The molecule has 0 nitrogen and oxygen atoms in total. The van der Waals surface area contributed by atoms with Crippen LogP contribution in [0.2, 0.25) is 0 Å². The van der Waals surface area contributed by atoms with Crippen LogP contribution in [0.5, 0.6) is 0 Å². The minimum absolute atomic E-state index is 1.14. The Hall–Kier alpha value is -1.56. The van der Waals surface area contributed by atoms with Gasteiger partial charge in [-0.3, -0.25) is 0 Å². The molecule has 78 valence electrons. The first-order valence-corrected chi connectivity index (χ1v) is 5.38. The molecule has 0 bridgehead atoms. The standard InChI is InChI=1S/C9H12.C6H6/c1-3-9-6-4-8(2)5-7-9;1-2-4-6-5-3-1/h4-7H,3H2,1-2H3;1-6H. The van der Waals surface area contributed by atoms with Gasteiger partial charge in [-0.25, -0.2) is 0 Å². The van der Waals surface area contributed by atoms with Crippen molar-refractivity contribution in [1.82, 2.24) is 0 Å². The van der Waals surface area contributed by atoms with Crippen molar-refractivity contribution in [1.29, 1.82) is 0 Å². The van der Waals surface area contributed by atoms with Crippen molar-refractivity contribution < 1.29 is 0 Å². The van der Waals surface area contributed by atoms with Gasteiger partial charge in [0.1, 0.15) is 0 Å². The summed E-state index contributed by atoms with van der Waals surface area (Å²) in [6.07, 6.45) is 1.14. The Labute approximate surface area is 92.6 Å². The Kier molecular flexibility index (Phi) is 5.24. The maximum Gasteiger partial charge on any atom is -0.0307 e. The summed E-state index contributed by atoms with van der Waals surface area (Å²) in [6, 6.07) is 20.7. The fourth-order valence-electron chi connectivity index (χ4n) is 1.21. The maximum atomic E-state index is 2.18. The highest BCUT2D eigenvalue weighted by atomic mass is 13.9. The van der Waals surface area contributed by atoms with E-state index in [0.29, 0.717) is 0 Å². The molecule has 0 aliphatic rings. The largest absolute Gasteiger partial charge is 0.0623 e. The molecule has 0 amide bonds. The maximum absolute atomic E-state index is 2.18. The Morgan fingerprint density at radius 3 is 1.47 bits per heavy atom. The molecule has 0 radical (unpaired) electrons. The van der Waals surface area contributed by atoms with E-state index < -0.39 is 0 Å². The summed E-state index contributed by atoms with van der Waals surface area (Å²) in [7, 11) is 0. The molecule has 0 saturated carbocycles. The highest BCUT2D eigenvalue weighted by molar-refractivity contribution is 5.20. The summed E-state index contributed by atoms with van der Waals surface area (Å²) in [5.74, 6) is 0. The minimum atomic E-state index is 1.14. The lowest BCUT2D eigenvalue weighted by Gasteiger charge is -1.94. The van der Waals surface area contributed by atoms with Crippen LogP contribution in [-0.4, -0.2) is 0 Å². The molecule has 0 heteroatoms. The van der Waals surface area contributed by atoms with Crippen molar-refractivity contribution in [3.63, 3.8) is 0 Å². The average Bonchev–Trinajstić information content (AvgIpc) is 2.33. The highest BCUT2D eigenvalue weighted by Gasteiger charge is 1.84. The number of aryl methyl sites for hydroxylation is 2. The number of hydrogen-bond acceptors (Lipinski definition) is 0. The molecule has 0 fully saturated rings. The molecular formula is C15H18. The van der Waals surface area contributed by atoms with Crippen LogP contribution in [-0.2, 0) is 6.42 Å². The van der Waals surface area contributed by atoms with E-state index in [-0.39, 0.29) is 0 Å². The Morgan fingerprint density at radius 1 is 0.733 bits per heavy atom. The van der Waals surface area contributed by atoms with Crippen molar-refractivity contribution in [2.45, 2.75) is 20.3 Å². The SMILES string of the molecule is CCc1ccc(C)cc1.c1ccccc1. The van der Waals surface area contributed by atoms with Crippen LogP contribution < -0.4 is 0 Å². The first kappa shape index (κ1) is 11.5. The molecule has 0 saturated heterocycles. The third-order valence-corrected chi connectivity index (χ3v) is 2.20. The quantitative estimate of drug-likeness (QED) is 0.642. The first-order valence-electron chi connectivity index (χ1n) is 5.38. The molecule has 2 aromatic carbocycles. The predicted molar refractivity (Wildman–Crippen MR) is 67.0 cm³/mol. The van der Waals surface area contributed by atoms with Gasteiger partial charge < -0.3 is 0 Å². The Bertz CT molecular complexity index is 319. The van der Waals surface area contributed by atoms with Crippen LogP contribution in [0.3, 0.4) is 0 Å². The minimum Gasteiger partial charge on any atom is -0.0623 e. The van der Waals surface area contributed by atoms with Crippen LogP contribution in [0.15, 0.2) is 60.7 Å². The van der Waals surface area contributed by atoms with Gasteiger partial charge in [-0.2, -0.15) is 0 Å². The molecule has 0 spiro atoms. The summed E-state index contributed by atoms with van der Waals surface area (Å²) in [5, 5.41) is 0. The van der Waals surface area contributed by atoms with E-state index in [0.717, 1.165) is 6.42 Å². The van der Waals surface area contributed by atoms with Crippen LogP contribution in [0.25, 0.3) is 0 Å². The van der Waals surface area contributed by atoms with Gasteiger partial charge in [-0.05, 0) is 18.9 Å². The molecule has 0 aliphatic heterocycles. The average molecular weight is 198 g/mol. The van der Waals surface area contributed by atoms with Gasteiger partial charge in [0, 0.05) is 0 Å². The third kappa shape index (κ3) is 5.02. The van der Waals surface area contributed by atoms with E-state index in [2.05, 4.69) is 38.1 Å². The molecule has 15 heavy (non-hydrogen) atoms. The highest BCUT2D eigenvalue weighted by Crippen LogP contribution is 2.02. The van der Waals surface area contributed by atoms with Crippen LogP contribution in [0, 0.1) is 6.92 Å². The van der Waals surface area contributed by atoms with Gasteiger partial charge in [0.15, 0.2) is 0 Å². The normalized spacial score (nSPS) is 8.93. The molecule has 0 N–H and O–H groups in total. The molecule has 0 unspecified atom stereocenters. The van der Waals surface area contributed by atoms with Crippen molar-refractivity contribution in [3.05, 3.63) is 71.8 Å². The first-order chi connectivity index (χ1) is 7.33. The molecule has 0 heterocycles. The molecule has 0 aromatic heterocycles. The Morgan fingerprint density at radius 2 is 1.13 bits per heavy atom. The summed E-state index contributed by atoms with van der Waals surface area (Å²) in [4.78, 5) is 0. The smallest absolute Gasteiger partial charge is 0.0307 e. The van der Waals surface area contributed by atoms with Crippen molar-refractivity contribution in [2.75, 3.05) is 0 Å². The van der Waals surface area contributed by atoms with E-state index >= 15 is 0 Å². The summed E-state index contributed by atoms with van der Waals surface area (Å²) in [6.45, 7) is 4.28. The van der Waals surface area contributed by atoms with Gasteiger partial charge in [0.05, 0.1) is 0 Å². The molecule has 0 aliphatic carbocycles. The number of rotatable bonds is 1. The van der Waals surface area contributed by atoms with E-state index in [9.17, 15) is 0 Å². The number of benzene rings is 2. The van der Waals surface area contributed by atoms with Crippen LogP contribution in [0.4, 0.5) is 0 Å².